The van der Waals surface area contributed by atoms with Crippen molar-refractivity contribution in [2.75, 3.05) is 0 Å². The van der Waals surface area contributed by atoms with Crippen molar-refractivity contribution in [2.24, 2.45) is 0 Å². The third-order valence-corrected chi connectivity index (χ3v) is 5.75. The SMILES string of the molecule is CC(Sc1nc2ccccc2c(=O)n1-c1ccccc1C(C)C)C(=O)NC(C)(C)C. The second kappa shape index (κ2) is 8.64. The Labute approximate surface area is 181 Å². The molecule has 0 spiro atoms. The third-order valence-electron chi connectivity index (χ3n) is 4.69. The topological polar surface area (TPSA) is 64.0 Å². The van der Waals surface area contributed by atoms with Crippen LogP contribution in [0, 0.1) is 0 Å². The van der Waals surface area contributed by atoms with Crippen molar-refractivity contribution in [2.45, 2.75) is 63.4 Å². The van der Waals surface area contributed by atoms with Crippen molar-refractivity contribution < 1.29 is 4.79 Å². The van der Waals surface area contributed by atoms with E-state index in [0.29, 0.717) is 16.1 Å². The van der Waals surface area contributed by atoms with Crippen LogP contribution in [0.2, 0.25) is 0 Å². The van der Waals surface area contributed by atoms with E-state index in [4.69, 9.17) is 4.98 Å². The highest BCUT2D eigenvalue weighted by atomic mass is 32.2. The maximum atomic E-state index is 13.5. The van der Waals surface area contributed by atoms with E-state index in [1.807, 2.05) is 70.2 Å². The molecule has 1 aromatic heterocycles. The third kappa shape index (κ3) is 4.75. The van der Waals surface area contributed by atoms with Gasteiger partial charge in [0, 0.05) is 5.54 Å². The van der Waals surface area contributed by atoms with Gasteiger partial charge in [-0.2, -0.15) is 0 Å². The Bertz CT molecular complexity index is 1130. The van der Waals surface area contributed by atoms with Crippen molar-refractivity contribution >= 4 is 28.6 Å². The van der Waals surface area contributed by atoms with Gasteiger partial charge in [0.2, 0.25) is 5.91 Å². The van der Waals surface area contributed by atoms with Gasteiger partial charge in [-0.05, 0) is 57.4 Å². The smallest absolute Gasteiger partial charge is 0.266 e. The molecule has 0 aliphatic carbocycles. The van der Waals surface area contributed by atoms with Crippen LogP contribution in [0.15, 0.2) is 58.5 Å². The second-order valence-corrected chi connectivity index (χ2v) is 10.1. The molecule has 30 heavy (non-hydrogen) atoms. The van der Waals surface area contributed by atoms with Gasteiger partial charge in [-0.25, -0.2) is 4.98 Å². The van der Waals surface area contributed by atoms with Crippen molar-refractivity contribution in [1.29, 1.82) is 0 Å². The highest BCUT2D eigenvalue weighted by molar-refractivity contribution is 8.00. The zero-order valence-corrected chi connectivity index (χ0v) is 19.2. The minimum Gasteiger partial charge on any atom is -0.351 e. The Hall–Kier alpha value is -2.60. The van der Waals surface area contributed by atoms with Crippen LogP contribution in [-0.2, 0) is 4.79 Å². The highest BCUT2D eigenvalue weighted by Gasteiger charge is 2.24. The van der Waals surface area contributed by atoms with Crippen LogP contribution in [0.5, 0.6) is 0 Å². The summed E-state index contributed by atoms with van der Waals surface area (Å²) in [5.41, 5.74) is 2.05. The summed E-state index contributed by atoms with van der Waals surface area (Å²) in [4.78, 5) is 31.0. The summed E-state index contributed by atoms with van der Waals surface area (Å²) in [6.07, 6.45) is 0. The van der Waals surface area contributed by atoms with Crippen LogP contribution in [0.25, 0.3) is 16.6 Å². The van der Waals surface area contributed by atoms with E-state index in [1.54, 1.807) is 10.6 Å². The van der Waals surface area contributed by atoms with Crippen molar-refractivity contribution in [3.05, 3.63) is 64.4 Å². The molecule has 0 saturated carbocycles. The number of nitrogens with zero attached hydrogens (tertiary/aromatic N) is 2. The molecule has 3 rings (SSSR count). The number of thioether (sulfide) groups is 1. The minimum atomic E-state index is -0.408. The lowest BCUT2D eigenvalue weighted by molar-refractivity contribution is -0.121. The molecule has 1 atom stereocenters. The Morgan fingerprint density at radius 1 is 1.03 bits per heavy atom. The number of amides is 1. The zero-order chi connectivity index (χ0) is 22.1. The number of hydrogen-bond donors (Lipinski definition) is 1. The fraction of sp³-hybridized carbons (Fsp3) is 0.375. The fourth-order valence-electron chi connectivity index (χ4n) is 3.27. The quantitative estimate of drug-likeness (QED) is 0.468. The van der Waals surface area contributed by atoms with Crippen LogP contribution in [0.4, 0.5) is 0 Å². The average Bonchev–Trinajstić information content (AvgIpc) is 2.67. The van der Waals surface area contributed by atoms with Gasteiger partial charge >= 0.3 is 0 Å². The molecule has 1 unspecified atom stereocenters. The van der Waals surface area contributed by atoms with E-state index in [0.717, 1.165) is 11.3 Å². The van der Waals surface area contributed by atoms with Crippen molar-refractivity contribution in [3.8, 4) is 5.69 Å². The molecule has 5 nitrogen and oxygen atoms in total. The average molecular weight is 424 g/mol. The van der Waals surface area contributed by atoms with Gasteiger partial charge in [0.25, 0.3) is 5.56 Å². The first-order chi connectivity index (χ1) is 14.1. The Morgan fingerprint density at radius 3 is 2.33 bits per heavy atom. The van der Waals surface area contributed by atoms with Gasteiger partial charge in [-0.1, -0.05) is 55.9 Å². The molecular weight excluding hydrogens is 394 g/mol. The van der Waals surface area contributed by atoms with Gasteiger partial charge in [0.1, 0.15) is 0 Å². The van der Waals surface area contributed by atoms with Gasteiger partial charge in [-0.3, -0.25) is 14.2 Å². The predicted molar refractivity (Wildman–Crippen MR) is 125 cm³/mol. The second-order valence-electron chi connectivity index (χ2n) is 8.76. The zero-order valence-electron chi connectivity index (χ0n) is 18.4. The molecular formula is C24H29N3O2S. The van der Waals surface area contributed by atoms with Gasteiger partial charge in [0.15, 0.2) is 5.16 Å². The number of aromatic nitrogens is 2. The molecule has 0 aliphatic heterocycles. The van der Waals surface area contributed by atoms with E-state index < -0.39 is 5.25 Å². The molecule has 2 aromatic carbocycles. The number of carbonyl (C=O) groups excluding carboxylic acids is 1. The number of rotatable bonds is 5. The number of benzene rings is 2. The summed E-state index contributed by atoms with van der Waals surface area (Å²) in [6, 6.07) is 15.2. The van der Waals surface area contributed by atoms with E-state index >= 15 is 0 Å². The van der Waals surface area contributed by atoms with E-state index in [9.17, 15) is 9.59 Å². The monoisotopic (exact) mass is 423 g/mol. The molecule has 0 bridgehead atoms. The summed E-state index contributed by atoms with van der Waals surface area (Å²) < 4.78 is 1.66. The van der Waals surface area contributed by atoms with Crippen molar-refractivity contribution in [1.82, 2.24) is 14.9 Å². The Kier molecular flexibility index (Phi) is 6.36. The molecule has 1 heterocycles. The number of carbonyl (C=O) groups is 1. The first-order valence-electron chi connectivity index (χ1n) is 10.2. The number of hydrogen-bond acceptors (Lipinski definition) is 4. The lowest BCUT2D eigenvalue weighted by Crippen LogP contribution is -2.44. The summed E-state index contributed by atoms with van der Waals surface area (Å²) in [7, 11) is 0. The first-order valence-corrected chi connectivity index (χ1v) is 11.1. The molecule has 0 fully saturated rings. The molecule has 1 amide bonds. The number of fused-ring (bicyclic) bond motifs is 1. The Morgan fingerprint density at radius 2 is 1.67 bits per heavy atom. The van der Waals surface area contributed by atoms with Crippen LogP contribution in [-0.4, -0.2) is 26.2 Å². The van der Waals surface area contributed by atoms with Crippen molar-refractivity contribution in [3.63, 3.8) is 0 Å². The lowest BCUT2D eigenvalue weighted by Gasteiger charge is -2.24. The summed E-state index contributed by atoms with van der Waals surface area (Å²) in [5, 5.41) is 3.68. The number of para-hydroxylation sites is 2. The molecule has 0 saturated heterocycles. The molecule has 6 heteroatoms. The molecule has 3 aromatic rings. The van der Waals surface area contributed by atoms with Gasteiger partial charge in [-0.15, -0.1) is 0 Å². The summed E-state index contributed by atoms with van der Waals surface area (Å²) in [6.45, 7) is 11.9. The highest BCUT2D eigenvalue weighted by Crippen LogP contribution is 2.29. The van der Waals surface area contributed by atoms with Gasteiger partial charge in [0.05, 0.1) is 21.8 Å². The van der Waals surface area contributed by atoms with E-state index in [1.165, 1.54) is 11.8 Å². The van der Waals surface area contributed by atoms with Crippen LogP contribution < -0.4 is 10.9 Å². The molecule has 0 aliphatic rings. The molecule has 158 valence electrons. The fourth-order valence-corrected chi connectivity index (χ4v) is 4.19. The lowest BCUT2D eigenvalue weighted by atomic mass is 10.0. The van der Waals surface area contributed by atoms with Gasteiger partial charge < -0.3 is 5.32 Å². The molecule has 1 N–H and O–H groups in total. The normalized spacial score (nSPS) is 12.9. The standard InChI is InChI=1S/C24H29N3O2S/c1-15(2)17-11-8-10-14-20(17)27-22(29)18-12-7-9-13-19(18)25-23(27)30-16(3)21(28)26-24(4,5)6/h7-16H,1-6H3,(H,26,28). The van der Waals surface area contributed by atoms with Crippen LogP contribution in [0.1, 0.15) is 53.0 Å². The summed E-state index contributed by atoms with van der Waals surface area (Å²) >= 11 is 1.30. The largest absolute Gasteiger partial charge is 0.351 e. The Balaban J connectivity index is 2.18. The maximum Gasteiger partial charge on any atom is 0.266 e. The maximum absolute atomic E-state index is 13.5. The summed E-state index contributed by atoms with van der Waals surface area (Å²) in [5.74, 6) is 0.151. The first kappa shape index (κ1) is 22.1. The van der Waals surface area contributed by atoms with E-state index in [2.05, 4.69) is 19.2 Å². The van der Waals surface area contributed by atoms with Crippen LogP contribution >= 0.6 is 11.8 Å². The predicted octanol–water partition coefficient (Wildman–Crippen LogP) is 4.90. The van der Waals surface area contributed by atoms with E-state index in [-0.39, 0.29) is 22.9 Å². The minimum absolute atomic E-state index is 0.0846. The number of nitrogens with one attached hydrogen (secondary N) is 1. The van der Waals surface area contributed by atoms with Crippen LogP contribution in [0.3, 0.4) is 0 Å². The molecule has 0 radical (unpaired) electrons.